The second kappa shape index (κ2) is 7.80. The fraction of sp³-hybridized carbons (Fsp3) is 0.542. The first-order chi connectivity index (χ1) is 14.6. The molecule has 2 saturated carbocycles. The van der Waals surface area contributed by atoms with Gasteiger partial charge in [-0.1, -0.05) is 50.3 Å². The molecule has 1 atom stereocenters. The number of aryl methyl sites for hydroxylation is 1. The van der Waals surface area contributed by atoms with Gasteiger partial charge in [0.25, 0.3) is 5.91 Å². The van der Waals surface area contributed by atoms with Crippen molar-refractivity contribution in [1.29, 1.82) is 0 Å². The molecule has 30 heavy (non-hydrogen) atoms. The molecule has 2 fully saturated rings. The molecule has 2 heterocycles. The molecular formula is C24H29N3O2S. The van der Waals surface area contributed by atoms with Crippen LogP contribution in [-0.4, -0.2) is 33.3 Å². The fourth-order valence-corrected chi connectivity index (χ4v) is 6.75. The van der Waals surface area contributed by atoms with Crippen molar-refractivity contribution < 1.29 is 9.59 Å². The second-order valence-electron chi connectivity index (χ2n) is 9.08. The Kier molecular flexibility index (Phi) is 5.13. The lowest BCUT2D eigenvalue weighted by molar-refractivity contribution is -0.123. The van der Waals surface area contributed by atoms with E-state index in [1.807, 2.05) is 36.6 Å². The first-order valence-electron chi connectivity index (χ1n) is 11.3. The highest BCUT2D eigenvalue weighted by molar-refractivity contribution is 7.13. The standard InChI is InChI=1S/C24H29N3O2S/c1-16-15-30-23(25-16)26-21(28)20-18-11-5-6-12-19(18)22(29)27(17-9-3-4-10-17)24(20)13-7-2-8-14-24/h5-6,11-12,15,17,20H,2-4,7-10,13-14H2,1H3,(H,25,26,28)/t20-/m0/s1. The van der Waals surface area contributed by atoms with Crippen molar-refractivity contribution in [3.63, 3.8) is 0 Å². The minimum absolute atomic E-state index is 0.0193. The molecule has 158 valence electrons. The number of benzene rings is 1. The molecule has 0 saturated heterocycles. The van der Waals surface area contributed by atoms with Crippen molar-refractivity contribution in [1.82, 2.24) is 9.88 Å². The Bertz CT molecular complexity index is 957. The molecule has 2 aromatic rings. The SMILES string of the molecule is Cc1csc(NC(=O)[C@@H]2c3ccccc3C(=O)N(C3CCCC3)C23CCCCC3)n1. The van der Waals surface area contributed by atoms with Gasteiger partial charge in [0.2, 0.25) is 5.91 Å². The molecule has 1 aliphatic heterocycles. The third-order valence-corrected chi connectivity index (χ3v) is 8.13. The molecular weight excluding hydrogens is 394 g/mol. The maximum Gasteiger partial charge on any atom is 0.254 e. The van der Waals surface area contributed by atoms with E-state index in [1.165, 1.54) is 30.6 Å². The largest absolute Gasteiger partial charge is 0.329 e. The monoisotopic (exact) mass is 423 g/mol. The number of thiazole rings is 1. The Morgan fingerprint density at radius 3 is 2.57 bits per heavy atom. The average molecular weight is 424 g/mol. The predicted molar refractivity (Wildman–Crippen MR) is 119 cm³/mol. The van der Waals surface area contributed by atoms with Crippen LogP contribution in [0.5, 0.6) is 0 Å². The minimum Gasteiger partial charge on any atom is -0.329 e. The molecule has 0 unspecified atom stereocenters. The van der Waals surface area contributed by atoms with Crippen LogP contribution >= 0.6 is 11.3 Å². The maximum atomic E-state index is 13.8. The summed E-state index contributed by atoms with van der Waals surface area (Å²) in [5.41, 5.74) is 2.09. The van der Waals surface area contributed by atoms with Crippen LogP contribution in [0, 0.1) is 6.92 Å². The van der Waals surface area contributed by atoms with Gasteiger partial charge >= 0.3 is 0 Å². The number of carbonyl (C=O) groups is 2. The number of carbonyl (C=O) groups excluding carboxylic acids is 2. The van der Waals surface area contributed by atoms with Crippen LogP contribution in [0.25, 0.3) is 0 Å². The van der Waals surface area contributed by atoms with Crippen LogP contribution in [-0.2, 0) is 4.79 Å². The van der Waals surface area contributed by atoms with Gasteiger partial charge in [-0.3, -0.25) is 9.59 Å². The molecule has 1 aromatic carbocycles. The number of anilines is 1. The van der Waals surface area contributed by atoms with Crippen molar-refractivity contribution >= 4 is 28.3 Å². The summed E-state index contributed by atoms with van der Waals surface area (Å²) in [7, 11) is 0. The van der Waals surface area contributed by atoms with E-state index in [1.54, 1.807) is 0 Å². The number of aromatic nitrogens is 1. The van der Waals surface area contributed by atoms with Crippen LogP contribution in [0.4, 0.5) is 5.13 Å². The summed E-state index contributed by atoms with van der Waals surface area (Å²) in [5, 5.41) is 5.70. The number of hydrogen-bond donors (Lipinski definition) is 1. The Labute approximate surface area is 181 Å². The lowest BCUT2D eigenvalue weighted by atomic mass is 9.64. The third kappa shape index (κ3) is 3.16. The van der Waals surface area contributed by atoms with E-state index in [0.29, 0.717) is 10.7 Å². The lowest BCUT2D eigenvalue weighted by Gasteiger charge is -2.55. The number of amides is 2. The van der Waals surface area contributed by atoms with Gasteiger partial charge < -0.3 is 10.2 Å². The molecule has 0 bridgehead atoms. The number of nitrogens with zero attached hydrogens (tertiary/aromatic N) is 2. The van der Waals surface area contributed by atoms with Crippen LogP contribution in [0.3, 0.4) is 0 Å². The Hall–Kier alpha value is -2.21. The minimum atomic E-state index is -0.422. The number of rotatable bonds is 3. The smallest absolute Gasteiger partial charge is 0.254 e. The molecule has 1 N–H and O–H groups in total. The first kappa shape index (κ1) is 19.7. The summed E-state index contributed by atoms with van der Waals surface area (Å²) in [6, 6.07) is 8.03. The zero-order valence-corrected chi connectivity index (χ0v) is 18.3. The third-order valence-electron chi connectivity index (χ3n) is 7.26. The van der Waals surface area contributed by atoms with E-state index >= 15 is 0 Å². The molecule has 1 spiro atoms. The summed E-state index contributed by atoms with van der Waals surface area (Å²) in [6.07, 6.45) is 9.55. The first-order valence-corrected chi connectivity index (χ1v) is 12.1. The summed E-state index contributed by atoms with van der Waals surface area (Å²) in [6.45, 7) is 1.94. The van der Waals surface area contributed by atoms with Gasteiger partial charge in [-0.15, -0.1) is 11.3 Å². The van der Waals surface area contributed by atoms with Gasteiger partial charge in [-0.05, 0) is 44.2 Å². The molecule has 0 radical (unpaired) electrons. The van der Waals surface area contributed by atoms with E-state index in [9.17, 15) is 9.59 Å². The van der Waals surface area contributed by atoms with E-state index in [-0.39, 0.29) is 23.8 Å². The predicted octanol–water partition coefficient (Wildman–Crippen LogP) is 5.28. The topological polar surface area (TPSA) is 62.3 Å². The second-order valence-corrected chi connectivity index (χ2v) is 9.94. The normalized spacial score (nSPS) is 23.6. The van der Waals surface area contributed by atoms with E-state index < -0.39 is 5.54 Å². The summed E-state index contributed by atoms with van der Waals surface area (Å²) < 4.78 is 0. The van der Waals surface area contributed by atoms with E-state index in [0.717, 1.165) is 49.8 Å². The van der Waals surface area contributed by atoms with Crippen LogP contribution < -0.4 is 5.32 Å². The quantitative estimate of drug-likeness (QED) is 0.731. The summed E-state index contributed by atoms with van der Waals surface area (Å²) >= 11 is 1.46. The molecule has 1 aromatic heterocycles. The van der Waals surface area contributed by atoms with Crippen molar-refractivity contribution in [2.24, 2.45) is 0 Å². The molecule has 5 rings (SSSR count). The highest BCUT2D eigenvalue weighted by Crippen LogP contribution is 2.51. The van der Waals surface area contributed by atoms with Crippen LogP contribution in [0.15, 0.2) is 29.6 Å². The Balaban J connectivity index is 1.63. The van der Waals surface area contributed by atoms with Gasteiger partial charge in [0, 0.05) is 17.0 Å². The number of fused-ring (bicyclic) bond motifs is 1. The fourth-order valence-electron chi connectivity index (χ4n) is 6.06. The van der Waals surface area contributed by atoms with Gasteiger partial charge in [-0.2, -0.15) is 0 Å². The Morgan fingerprint density at radius 1 is 1.13 bits per heavy atom. The zero-order valence-electron chi connectivity index (χ0n) is 17.5. The van der Waals surface area contributed by atoms with Gasteiger partial charge in [0.05, 0.1) is 17.2 Å². The number of hydrogen-bond acceptors (Lipinski definition) is 4. The van der Waals surface area contributed by atoms with Crippen LogP contribution in [0.2, 0.25) is 0 Å². The molecule has 6 heteroatoms. The zero-order chi connectivity index (χ0) is 20.7. The van der Waals surface area contributed by atoms with Gasteiger partial charge in [0.1, 0.15) is 0 Å². The highest BCUT2D eigenvalue weighted by atomic mass is 32.1. The molecule has 5 nitrogen and oxygen atoms in total. The van der Waals surface area contributed by atoms with Crippen molar-refractivity contribution in [2.75, 3.05) is 5.32 Å². The van der Waals surface area contributed by atoms with E-state index in [2.05, 4.69) is 15.2 Å². The highest BCUT2D eigenvalue weighted by Gasteiger charge is 2.56. The average Bonchev–Trinajstić information content (AvgIpc) is 3.41. The van der Waals surface area contributed by atoms with Gasteiger partial charge in [-0.25, -0.2) is 4.98 Å². The molecule has 3 aliphatic rings. The van der Waals surface area contributed by atoms with Crippen molar-refractivity contribution in [3.05, 3.63) is 46.5 Å². The number of nitrogens with one attached hydrogen (secondary N) is 1. The Morgan fingerprint density at radius 2 is 1.87 bits per heavy atom. The van der Waals surface area contributed by atoms with Crippen molar-refractivity contribution in [3.8, 4) is 0 Å². The molecule has 2 amide bonds. The molecule has 2 aliphatic carbocycles. The van der Waals surface area contributed by atoms with E-state index in [4.69, 9.17) is 0 Å². The summed E-state index contributed by atoms with van der Waals surface area (Å²) in [5.74, 6) is -0.237. The lowest BCUT2D eigenvalue weighted by Crippen LogP contribution is -2.64. The maximum absolute atomic E-state index is 13.8. The summed E-state index contributed by atoms with van der Waals surface area (Å²) in [4.78, 5) is 34.2. The van der Waals surface area contributed by atoms with Crippen molar-refractivity contribution in [2.45, 2.75) is 82.2 Å². The van der Waals surface area contributed by atoms with Crippen LogP contribution in [0.1, 0.15) is 85.3 Å². The van der Waals surface area contributed by atoms with Gasteiger partial charge in [0.15, 0.2) is 5.13 Å².